The Kier molecular flexibility index (Phi) is 4.62. The number of amides is 1. The second kappa shape index (κ2) is 6.46. The van der Waals surface area contributed by atoms with Crippen LogP contribution in [0.25, 0.3) is 0 Å². The van der Waals surface area contributed by atoms with Crippen LogP contribution in [0.2, 0.25) is 0 Å². The number of rotatable bonds is 5. The van der Waals surface area contributed by atoms with Gasteiger partial charge in [-0.2, -0.15) is 0 Å². The van der Waals surface area contributed by atoms with Crippen LogP contribution in [0.15, 0.2) is 17.5 Å². The van der Waals surface area contributed by atoms with Crippen LogP contribution in [-0.2, 0) is 16.1 Å². The summed E-state index contributed by atoms with van der Waals surface area (Å²) in [6.07, 6.45) is 1.97. The molecule has 0 unspecified atom stereocenters. The topological polar surface area (TPSA) is 41.6 Å². The molecule has 2 fully saturated rings. The largest absolute Gasteiger partial charge is 0.373 e. The molecule has 1 aromatic rings. The SMILES string of the molecule is CC(C)N1C[C@@H]2C[C@H](CC(=O)NCc3cccs3)O[C@@H]2C1. The number of ether oxygens (including phenoxy) is 1. The summed E-state index contributed by atoms with van der Waals surface area (Å²) < 4.78 is 6.07. The average Bonchev–Trinajstić information content (AvgIpc) is 3.11. The van der Waals surface area contributed by atoms with E-state index in [1.54, 1.807) is 11.3 Å². The number of carbonyl (C=O) groups is 1. The maximum absolute atomic E-state index is 12.0. The first-order valence-corrected chi connectivity index (χ1v) is 8.68. The Morgan fingerprint density at radius 1 is 1.52 bits per heavy atom. The molecule has 0 saturated carbocycles. The molecule has 2 aliphatic rings. The van der Waals surface area contributed by atoms with Crippen molar-refractivity contribution in [3.63, 3.8) is 0 Å². The van der Waals surface area contributed by atoms with Gasteiger partial charge in [0.15, 0.2) is 0 Å². The smallest absolute Gasteiger partial charge is 0.222 e. The lowest BCUT2D eigenvalue weighted by molar-refractivity contribution is -0.124. The van der Waals surface area contributed by atoms with Crippen LogP contribution in [0.3, 0.4) is 0 Å². The Labute approximate surface area is 130 Å². The van der Waals surface area contributed by atoms with Crippen LogP contribution in [-0.4, -0.2) is 42.1 Å². The molecule has 0 bridgehead atoms. The van der Waals surface area contributed by atoms with E-state index in [0.29, 0.717) is 31.0 Å². The number of hydrogen-bond acceptors (Lipinski definition) is 4. The third-order valence-electron chi connectivity index (χ3n) is 4.53. The van der Waals surface area contributed by atoms with Gasteiger partial charge in [-0.25, -0.2) is 0 Å². The van der Waals surface area contributed by atoms with Gasteiger partial charge in [0.05, 0.1) is 25.2 Å². The Bertz CT molecular complexity index is 461. The number of fused-ring (bicyclic) bond motifs is 1. The molecule has 3 atom stereocenters. The molecule has 0 radical (unpaired) electrons. The van der Waals surface area contributed by atoms with Gasteiger partial charge in [-0.05, 0) is 31.7 Å². The third kappa shape index (κ3) is 3.65. The summed E-state index contributed by atoms with van der Waals surface area (Å²) in [5.41, 5.74) is 0. The van der Waals surface area contributed by atoms with E-state index >= 15 is 0 Å². The molecule has 2 aliphatic heterocycles. The summed E-state index contributed by atoms with van der Waals surface area (Å²) in [6, 6.07) is 4.64. The molecule has 5 heteroatoms. The summed E-state index contributed by atoms with van der Waals surface area (Å²) in [5, 5.41) is 5.02. The molecule has 3 heterocycles. The highest BCUT2D eigenvalue weighted by atomic mass is 32.1. The minimum atomic E-state index is 0.106. The van der Waals surface area contributed by atoms with E-state index in [4.69, 9.17) is 4.74 Å². The second-order valence-corrected chi connectivity index (χ2v) is 7.43. The first-order chi connectivity index (χ1) is 10.1. The van der Waals surface area contributed by atoms with Crippen LogP contribution in [0, 0.1) is 5.92 Å². The Morgan fingerprint density at radius 3 is 3.05 bits per heavy atom. The van der Waals surface area contributed by atoms with E-state index in [2.05, 4.69) is 24.1 Å². The third-order valence-corrected chi connectivity index (χ3v) is 5.40. The molecule has 0 spiro atoms. The van der Waals surface area contributed by atoms with Crippen molar-refractivity contribution in [3.05, 3.63) is 22.4 Å². The van der Waals surface area contributed by atoms with Gasteiger partial charge in [-0.15, -0.1) is 11.3 Å². The Balaban J connectivity index is 1.41. The lowest BCUT2D eigenvalue weighted by atomic mass is 10.0. The van der Waals surface area contributed by atoms with Gasteiger partial charge in [0, 0.05) is 29.9 Å². The van der Waals surface area contributed by atoms with Crippen molar-refractivity contribution in [2.24, 2.45) is 5.92 Å². The summed E-state index contributed by atoms with van der Waals surface area (Å²) in [7, 11) is 0. The fourth-order valence-electron chi connectivity index (χ4n) is 3.33. The highest BCUT2D eigenvalue weighted by Crippen LogP contribution is 2.34. The van der Waals surface area contributed by atoms with E-state index in [1.807, 2.05) is 17.5 Å². The highest BCUT2D eigenvalue weighted by molar-refractivity contribution is 7.09. The summed E-state index contributed by atoms with van der Waals surface area (Å²) >= 11 is 1.67. The first-order valence-electron chi connectivity index (χ1n) is 7.80. The summed E-state index contributed by atoms with van der Waals surface area (Å²) in [6.45, 7) is 7.25. The minimum absolute atomic E-state index is 0.106. The van der Waals surface area contributed by atoms with Gasteiger partial charge in [0.1, 0.15) is 0 Å². The normalized spacial score (nSPS) is 29.0. The van der Waals surface area contributed by atoms with Crippen molar-refractivity contribution in [1.82, 2.24) is 10.2 Å². The van der Waals surface area contributed by atoms with Crippen LogP contribution in [0.4, 0.5) is 0 Å². The molecule has 2 saturated heterocycles. The number of likely N-dealkylation sites (tertiary alicyclic amines) is 1. The van der Waals surface area contributed by atoms with E-state index in [-0.39, 0.29) is 12.0 Å². The molecule has 1 amide bonds. The van der Waals surface area contributed by atoms with Crippen LogP contribution < -0.4 is 5.32 Å². The zero-order valence-electron chi connectivity index (χ0n) is 12.7. The Hall–Kier alpha value is -0.910. The molecule has 21 heavy (non-hydrogen) atoms. The van der Waals surface area contributed by atoms with Gasteiger partial charge >= 0.3 is 0 Å². The molecule has 0 aromatic carbocycles. The van der Waals surface area contributed by atoms with Gasteiger partial charge in [0.25, 0.3) is 0 Å². The van der Waals surface area contributed by atoms with Gasteiger partial charge in [-0.3, -0.25) is 9.69 Å². The summed E-state index contributed by atoms with van der Waals surface area (Å²) in [5.74, 6) is 0.719. The van der Waals surface area contributed by atoms with E-state index < -0.39 is 0 Å². The fourth-order valence-corrected chi connectivity index (χ4v) is 3.97. The molecule has 1 aromatic heterocycles. The second-order valence-electron chi connectivity index (χ2n) is 6.40. The van der Waals surface area contributed by atoms with Gasteiger partial charge in [0.2, 0.25) is 5.91 Å². The van der Waals surface area contributed by atoms with Crippen molar-refractivity contribution in [2.75, 3.05) is 13.1 Å². The number of carbonyl (C=O) groups excluding carboxylic acids is 1. The zero-order valence-corrected chi connectivity index (χ0v) is 13.6. The maximum atomic E-state index is 12.0. The van der Waals surface area contributed by atoms with Crippen LogP contribution in [0.1, 0.15) is 31.6 Å². The number of hydrogen-bond donors (Lipinski definition) is 1. The Morgan fingerprint density at radius 2 is 2.38 bits per heavy atom. The van der Waals surface area contributed by atoms with Crippen LogP contribution >= 0.6 is 11.3 Å². The van der Waals surface area contributed by atoms with Crippen molar-refractivity contribution in [3.8, 4) is 0 Å². The van der Waals surface area contributed by atoms with Gasteiger partial charge in [-0.1, -0.05) is 6.07 Å². The van der Waals surface area contributed by atoms with Crippen molar-refractivity contribution >= 4 is 17.2 Å². The number of nitrogens with one attached hydrogen (secondary N) is 1. The standard InChI is InChI=1S/C16H24N2O2S/c1-11(2)18-9-12-6-13(20-15(12)10-18)7-16(19)17-8-14-4-3-5-21-14/h3-5,11-13,15H,6-10H2,1-2H3,(H,17,19)/t12-,13+,15+/m0/s1. The monoisotopic (exact) mass is 308 g/mol. The lowest BCUT2D eigenvalue weighted by Crippen LogP contribution is -2.32. The quantitative estimate of drug-likeness (QED) is 0.907. The van der Waals surface area contributed by atoms with E-state index in [1.165, 1.54) is 4.88 Å². The van der Waals surface area contributed by atoms with E-state index in [0.717, 1.165) is 19.5 Å². The highest BCUT2D eigenvalue weighted by Gasteiger charge is 2.42. The predicted octanol–water partition coefficient (Wildman–Crippen LogP) is 2.25. The minimum Gasteiger partial charge on any atom is -0.373 e. The average molecular weight is 308 g/mol. The van der Waals surface area contributed by atoms with Crippen molar-refractivity contribution in [2.45, 2.75) is 51.5 Å². The molecule has 0 aliphatic carbocycles. The molecule has 116 valence electrons. The zero-order chi connectivity index (χ0) is 14.8. The van der Waals surface area contributed by atoms with Crippen LogP contribution in [0.5, 0.6) is 0 Å². The lowest BCUT2D eigenvalue weighted by Gasteiger charge is -2.22. The van der Waals surface area contributed by atoms with E-state index in [9.17, 15) is 4.79 Å². The summed E-state index contributed by atoms with van der Waals surface area (Å²) in [4.78, 5) is 15.7. The number of thiophene rings is 1. The molecule has 1 N–H and O–H groups in total. The first kappa shape index (κ1) is 15.0. The van der Waals surface area contributed by atoms with Crippen molar-refractivity contribution in [1.29, 1.82) is 0 Å². The predicted molar refractivity (Wildman–Crippen MR) is 84.3 cm³/mol. The molecular formula is C16H24N2O2S. The molecular weight excluding hydrogens is 284 g/mol. The number of nitrogens with zero attached hydrogens (tertiary/aromatic N) is 1. The fraction of sp³-hybridized carbons (Fsp3) is 0.688. The van der Waals surface area contributed by atoms with Gasteiger partial charge < -0.3 is 10.1 Å². The van der Waals surface area contributed by atoms with Crippen molar-refractivity contribution < 1.29 is 9.53 Å². The maximum Gasteiger partial charge on any atom is 0.222 e. The molecule has 4 nitrogen and oxygen atoms in total. The molecule has 3 rings (SSSR count).